The molecule has 90 valence electrons. The number of aliphatic hydroxyl groups is 1. The third-order valence-corrected chi connectivity index (χ3v) is 3.52. The van der Waals surface area contributed by atoms with E-state index in [9.17, 15) is 0 Å². The lowest BCUT2D eigenvalue weighted by Gasteiger charge is -2.16. The highest BCUT2D eigenvalue weighted by Gasteiger charge is 2.30. The minimum absolute atomic E-state index is 0.278. The Labute approximate surface area is 96.7 Å². The van der Waals surface area contributed by atoms with Gasteiger partial charge in [0.25, 0.3) is 0 Å². The molecule has 1 heterocycles. The molecule has 1 aliphatic rings. The van der Waals surface area contributed by atoms with Crippen LogP contribution in [0.5, 0.6) is 0 Å². The van der Waals surface area contributed by atoms with Crippen LogP contribution in [0.2, 0.25) is 0 Å². The Hall–Kier alpha value is -0.870. The molecular formula is C12H21N3O. The molecule has 0 saturated heterocycles. The van der Waals surface area contributed by atoms with E-state index in [1.165, 1.54) is 24.1 Å². The molecule has 2 N–H and O–H groups in total. The van der Waals surface area contributed by atoms with Crippen LogP contribution in [0.1, 0.15) is 30.5 Å². The normalized spacial score (nSPS) is 17.7. The van der Waals surface area contributed by atoms with E-state index in [2.05, 4.69) is 17.3 Å². The summed E-state index contributed by atoms with van der Waals surface area (Å²) in [6.45, 7) is 3.23. The summed E-state index contributed by atoms with van der Waals surface area (Å²) < 4.78 is 1.90. The third kappa shape index (κ3) is 2.62. The molecule has 1 aromatic rings. The number of rotatable bonds is 6. The SMILES string of the molecule is Cc1c(CNC(CCO)C2CC2)cnn1C. The Balaban J connectivity index is 1.87. The van der Waals surface area contributed by atoms with Crippen LogP contribution >= 0.6 is 0 Å². The van der Waals surface area contributed by atoms with Gasteiger partial charge in [0.15, 0.2) is 0 Å². The van der Waals surface area contributed by atoms with Gasteiger partial charge in [-0.3, -0.25) is 4.68 Å². The Kier molecular flexibility index (Phi) is 3.61. The number of nitrogens with zero attached hydrogens (tertiary/aromatic N) is 2. The first-order valence-electron chi connectivity index (χ1n) is 6.04. The molecule has 1 aromatic heterocycles. The molecule has 1 aliphatic carbocycles. The zero-order valence-corrected chi connectivity index (χ0v) is 10.1. The van der Waals surface area contributed by atoms with Crippen LogP contribution in [-0.4, -0.2) is 27.5 Å². The molecule has 0 amide bonds. The van der Waals surface area contributed by atoms with Crippen molar-refractivity contribution in [1.82, 2.24) is 15.1 Å². The van der Waals surface area contributed by atoms with Gasteiger partial charge in [-0.15, -0.1) is 0 Å². The molecule has 1 unspecified atom stereocenters. The number of aliphatic hydroxyl groups excluding tert-OH is 1. The fourth-order valence-corrected chi connectivity index (χ4v) is 2.10. The summed E-state index contributed by atoms with van der Waals surface area (Å²) >= 11 is 0. The highest BCUT2D eigenvalue weighted by atomic mass is 16.3. The standard InChI is InChI=1S/C12H21N3O/c1-9-11(8-14-15(9)2)7-13-12(5-6-16)10-3-4-10/h8,10,12-13,16H,3-7H2,1-2H3. The molecule has 1 saturated carbocycles. The average molecular weight is 223 g/mol. The van der Waals surface area contributed by atoms with Gasteiger partial charge in [0.1, 0.15) is 0 Å². The summed E-state index contributed by atoms with van der Waals surface area (Å²) in [5.74, 6) is 0.782. The highest BCUT2D eigenvalue weighted by Crippen LogP contribution is 2.34. The van der Waals surface area contributed by atoms with Crippen molar-refractivity contribution in [2.24, 2.45) is 13.0 Å². The molecule has 1 fully saturated rings. The van der Waals surface area contributed by atoms with Gasteiger partial charge in [-0.1, -0.05) is 0 Å². The van der Waals surface area contributed by atoms with E-state index in [1.54, 1.807) is 0 Å². The van der Waals surface area contributed by atoms with Crippen LogP contribution < -0.4 is 5.32 Å². The Morgan fingerprint density at radius 2 is 2.38 bits per heavy atom. The molecule has 0 radical (unpaired) electrons. The molecule has 4 nitrogen and oxygen atoms in total. The number of aromatic nitrogens is 2. The van der Waals surface area contributed by atoms with Crippen molar-refractivity contribution in [3.05, 3.63) is 17.5 Å². The minimum Gasteiger partial charge on any atom is -0.396 e. The summed E-state index contributed by atoms with van der Waals surface area (Å²) in [6, 6.07) is 0.476. The van der Waals surface area contributed by atoms with Crippen molar-refractivity contribution in [2.45, 2.75) is 38.8 Å². The third-order valence-electron chi connectivity index (χ3n) is 3.52. The lowest BCUT2D eigenvalue weighted by atomic mass is 10.1. The van der Waals surface area contributed by atoms with E-state index < -0.39 is 0 Å². The summed E-state index contributed by atoms with van der Waals surface area (Å²) in [5.41, 5.74) is 2.47. The predicted octanol–water partition coefficient (Wildman–Crippen LogP) is 0.979. The number of hydrogen-bond acceptors (Lipinski definition) is 3. The maximum absolute atomic E-state index is 9.01. The quantitative estimate of drug-likeness (QED) is 0.756. The van der Waals surface area contributed by atoms with Crippen LogP contribution in [0.15, 0.2) is 6.20 Å². The van der Waals surface area contributed by atoms with Crippen molar-refractivity contribution < 1.29 is 5.11 Å². The van der Waals surface area contributed by atoms with Crippen LogP contribution in [0.4, 0.5) is 0 Å². The Morgan fingerprint density at radius 1 is 1.62 bits per heavy atom. The van der Waals surface area contributed by atoms with E-state index in [0.717, 1.165) is 18.9 Å². The molecular weight excluding hydrogens is 202 g/mol. The molecule has 2 rings (SSSR count). The van der Waals surface area contributed by atoms with Gasteiger partial charge in [0.05, 0.1) is 6.20 Å². The summed E-state index contributed by atoms with van der Waals surface area (Å²) in [4.78, 5) is 0. The summed E-state index contributed by atoms with van der Waals surface area (Å²) in [6.07, 6.45) is 5.41. The molecule has 16 heavy (non-hydrogen) atoms. The van der Waals surface area contributed by atoms with Crippen LogP contribution in [0.25, 0.3) is 0 Å². The fourth-order valence-electron chi connectivity index (χ4n) is 2.10. The lowest BCUT2D eigenvalue weighted by Crippen LogP contribution is -2.31. The van der Waals surface area contributed by atoms with Crippen molar-refractivity contribution in [2.75, 3.05) is 6.61 Å². The second-order valence-electron chi connectivity index (χ2n) is 4.72. The number of aryl methyl sites for hydroxylation is 1. The summed E-state index contributed by atoms with van der Waals surface area (Å²) in [7, 11) is 1.96. The van der Waals surface area contributed by atoms with E-state index in [4.69, 9.17) is 5.11 Å². The first-order chi connectivity index (χ1) is 7.72. The van der Waals surface area contributed by atoms with Crippen molar-refractivity contribution in [3.8, 4) is 0 Å². The van der Waals surface area contributed by atoms with Gasteiger partial charge < -0.3 is 10.4 Å². The van der Waals surface area contributed by atoms with E-state index in [0.29, 0.717) is 6.04 Å². The molecule has 0 aromatic carbocycles. The van der Waals surface area contributed by atoms with Gasteiger partial charge in [-0.2, -0.15) is 5.10 Å². The summed E-state index contributed by atoms with van der Waals surface area (Å²) in [5, 5.41) is 16.8. The largest absolute Gasteiger partial charge is 0.396 e. The molecule has 4 heteroatoms. The van der Waals surface area contributed by atoms with Crippen LogP contribution in [0.3, 0.4) is 0 Å². The van der Waals surface area contributed by atoms with Gasteiger partial charge in [0.2, 0.25) is 0 Å². The van der Waals surface area contributed by atoms with E-state index in [-0.39, 0.29) is 6.61 Å². The maximum atomic E-state index is 9.01. The van der Waals surface area contributed by atoms with Crippen molar-refractivity contribution >= 4 is 0 Å². The Bertz CT molecular complexity index is 344. The maximum Gasteiger partial charge on any atom is 0.0537 e. The topological polar surface area (TPSA) is 50.1 Å². The number of hydrogen-bond donors (Lipinski definition) is 2. The molecule has 0 bridgehead atoms. The molecule has 0 aliphatic heterocycles. The van der Waals surface area contributed by atoms with Gasteiger partial charge in [-0.25, -0.2) is 0 Å². The first kappa shape index (κ1) is 11.6. The van der Waals surface area contributed by atoms with Gasteiger partial charge in [0, 0.05) is 37.5 Å². The smallest absolute Gasteiger partial charge is 0.0537 e. The zero-order valence-electron chi connectivity index (χ0n) is 10.1. The Morgan fingerprint density at radius 3 is 2.88 bits per heavy atom. The van der Waals surface area contributed by atoms with Crippen molar-refractivity contribution in [3.63, 3.8) is 0 Å². The van der Waals surface area contributed by atoms with Crippen LogP contribution in [-0.2, 0) is 13.6 Å². The first-order valence-corrected chi connectivity index (χ1v) is 6.04. The predicted molar refractivity (Wildman–Crippen MR) is 63.0 cm³/mol. The number of nitrogens with one attached hydrogen (secondary N) is 1. The van der Waals surface area contributed by atoms with Crippen LogP contribution in [0, 0.1) is 12.8 Å². The molecule has 1 atom stereocenters. The fraction of sp³-hybridized carbons (Fsp3) is 0.750. The second kappa shape index (κ2) is 4.97. The van der Waals surface area contributed by atoms with E-state index in [1.807, 2.05) is 17.9 Å². The van der Waals surface area contributed by atoms with Gasteiger partial charge in [-0.05, 0) is 32.1 Å². The zero-order chi connectivity index (χ0) is 11.5. The van der Waals surface area contributed by atoms with Gasteiger partial charge >= 0.3 is 0 Å². The average Bonchev–Trinajstić information content (AvgIpc) is 3.05. The second-order valence-corrected chi connectivity index (χ2v) is 4.72. The van der Waals surface area contributed by atoms with E-state index >= 15 is 0 Å². The highest BCUT2D eigenvalue weighted by molar-refractivity contribution is 5.15. The minimum atomic E-state index is 0.278. The lowest BCUT2D eigenvalue weighted by molar-refractivity contribution is 0.255. The van der Waals surface area contributed by atoms with Crippen molar-refractivity contribution in [1.29, 1.82) is 0 Å². The molecule has 0 spiro atoms. The monoisotopic (exact) mass is 223 g/mol.